The minimum absolute atomic E-state index is 0.0692. The van der Waals surface area contributed by atoms with Crippen LogP contribution < -0.4 is 5.32 Å². The van der Waals surface area contributed by atoms with Crippen LogP contribution >= 0.6 is 11.3 Å². The van der Waals surface area contributed by atoms with E-state index in [4.69, 9.17) is 4.42 Å². The zero-order valence-electron chi connectivity index (χ0n) is 17.1. The van der Waals surface area contributed by atoms with Crippen molar-refractivity contribution in [3.8, 4) is 22.6 Å². The van der Waals surface area contributed by atoms with Crippen molar-refractivity contribution in [2.24, 2.45) is 0 Å². The van der Waals surface area contributed by atoms with E-state index >= 15 is 0 Å². The number of nitrogens with one attached hydrogen (secondary N) is 1. The topological polar surface area (TPSA) is 68.0 Å². The van der Waals surface area contributed by atoms with E-state index in [9.17, 15) is 9.18 Å². The molecule has 0 atom stereocenters. The molecule has 31 heavy (non-hydrogen) atoms. The van der Waals surface area contributed by atoms with Crippen molar-refractivity contribution in [2.75, 3.05) is 6.54 Å². The highest BCUT2D eigenvalue weighted by atomic mass is 32.1. The van der Waals surface area contributed by atoms with Crippen LogP contribution in [0.4, 0.5) is 4.39 Å². The van der Waals surface area contributed by atoms with Gasteiger partial charge in [0.2, 0.25) is 5.91 Å². The molecule has 0 aliphatic heterocycles. The molecule has 0 spiro atoms. The van der Waals surface area contributed by atoms with Gasteiger partial charge in [-0.25, -0.2) is 14.4 Å². The second kappa shape index (κ2) is 9.66. The predicted molar refractivity (Wildman–Crippen MR) is 119 cm³/mol. The summed E-state index contributed by atoms with van der Waals surface area (Å²) in [6.07, 6.45) is 2.86. The number of nitrogens with zero attached hydrogens (tertiary/aromatic N) is 2. The molecule has 2 aromatic carbocycles. The van der Waals surface area contributed by atoms with Gasteiger partial charge in [0.05, 0.1) is 22.5 Å². The van der Waals surface area contributed by atoms with Gasteiger partial charge in [-0.3, -0.25) is 4.79 Å². The van der Waals surface area contributed by atoms with Crippen molar-refractivity contribution in [1.82, 2.24) is 15.3 Å². The number of oxazole rings is 1. The van der Waals surface area contributed by atoms with E-state index in [0.717, 1.165) is 28.2 Å². The average molecular weight is 436 g/mol. The molecule has 0 bridgehead atoms. The molecule has 0 fully saturated rings. The quantitative estimate of drug-likeness (QED) is 0.413. The third kappa shape index (κ3) is 5.44. The highest BCUT2D eigenvalue weighted by Crippen LogP contribution is 2.24. The molecule has 0 saturated carbocycles. The minimum atomic E-state index is -0.363. The van der Waals surface area contributed by atoms with E-state index in [1.807, 2.05) is 6.92 Å². The first-order valence-corrected chi connectivity index (χ1v) is 10.9. The van der Waals surface area contributed by atoms with Crippen LogP contribution in [0.5, 0.6) is 0 Å². The molecule has 0 aliphatic rings. The lowest BCUT2D eigenvalue weighted by molar-refractivity contribution is -0.121. The monoisotopic (exact) mass is 435 g/mol. The number of carbonyl (C=O) groups is 1. The number of aromatic nitrogens is 2. The van der Waals surface area contributed by atoms with Gasteiger partial charge in [0.15, 0.2) is 11.7 Å². The lowest BCUT2D eigenvalue weighted by Crippen LogP contribution is -2.25. The van der Waals surface area contributed by atoms with Crippen LogP contribution in [0.1, 0.15) is 22.9 Å². The van der Waals surface area contributed by atoms with Crippen molar-refractivity contribution in [3.63, 3.8) is 0 Å². The summed E-state index contributed by atoms with van der Waals surface area (Å²) in [5, 5.41) is 6.02. The van der Waals surface area contributed by atoms with Crippen LogP contribution in [-0.4, -0.2) is 22.4 Å². The van der Waals surface area contributed by atoms with Gasteiger partial charge in [0.25, 0.3) is 0 Å². The van der Waals surface area contributed by atoms with Crippen molar-refractivity contribution in [3.05, 3.63) is 82.4 Å². The van der Waals surface area contributed by atoms with E-state index in [1.54, 1.807) is 29.5 Å². The maximum Gasteiger partial charge on any atom is 0.220 e. The lowest BCUT2D eigenvalue weighted by Gasteiger charge is -2.05. The zero-order valence-corrected chi connectivity index (χ0v) is 17.9. The predicted octanol–water partition coefficient (Wildman–Crippen LogP) is 5.20. The van der Waals surface area contributed by atoms with Gasteiger partial charge in [0.1, 0.15) is 5.82 Å². The van der Waals surface area contributed by atoms with Gasteiger partial charge >= 0.3 is 0 Å². The molecule has 0 radical (unpaired) electrons. The van der Waals surface area contributed by atoms with Gasteiger partial charge in [-0.2, -0.15) is 0 Å². The van der Waals surface area contributed by atoms with Gasteiger partial charge in [-0.15, -0.1) is 11.3 Å². The molecule has 4 aromatic rings. The summed E-state index contributed by atoms with van der Waals surface area (Å²) in [6, 6.07) is 14.6. The summed E-state index contributed by atoms with van der Waals surface area (Å²) in [6.45, 7) is 2.55. The fourth-order valence-corrected chi connectivity index (χ4v) is 3.83. The number of thiazole rings is 1. The number of carbonyl (C=O) groups excluding carboxylic acids is 1. The Kier molecular flexibility index (Phi) is 6.52. The molecule has 2 heterocycles. The lowest BCUT2D eigenvalue weighted by atomic mass is 10.1. The molecule has 1 amide bonds. The van der Waals surface area contributed by atoms with Crippen LogP contribution in [0.2, 0.25) is 0 Å². The van der Waals surface area contributed by atoms with Crippen LogP contribution in [0.15, 0.2) is 64.5 Å². The van der Waals surface area contributed by atoms with Gasteiger partial charge in [-0.1, -0.05) is 36.4 Å². The van der Waals surface area contributed by atoms with Crippen LogP contribution in [-0.2, 0) is 17.6 Å². The van der Waals surface area contributed by atoms with Crippen LogP contribution in [0.3, 0.4) is 0 Å². The second-order valence-electron chi connectivity index (χ2n) is 7.15. The van der Waals surface area contributed by atoms with E-state index in [1.165, 1.54) is 12.3 Å². The van der Waals surface area contributed by atoms with E-state index < -0.39 is 0 Å². The van der Waals surface area contributed by atoms with Crippen molar-refractivity contribution in [2.45, 2.75) is 26.2 Å². The molecule has 0 saturated heterocycles. The summed E-state index contributed by atoms with van der Waals surface area (Å²) in [7, 11) is 0. The summed E-state index contributed by atoms with van der Waals surface area (Å²) in [4.78, 5) is 20.8. The first-order chi connectivity index (χ1) is 15.1. The molecular weight excluding hydrogens is 413 g/mol. The molecule has 2 aromatic heterocycles. The number of amides is 1. The number of hydrogen-bond acceptors (Lipinski definition) is 5. The second-order valence-corrected chi connectivity index (χ2v) is 8.21. The summed E-state index contributed by atoms with van der Waals surface area (Å²) in [5.41, 5.74) is 3.60. The maximum absolute atomic E-state index is 13.8. The van der Waals surface area contributed by atoms with Gasteiger partial charge < -0.3 is 9.73 Å². The fourth-order valence-electron chi connectivity index (χ4n) is 3.20. The standard InChI is InChI=1S/C24H22FN3O2S/c1-16-28-21(15-31-16)18-8-6-17(7-9-18)12-13-26-23(29)10-11-24-27-14-22(30-24)19-4-2-3-5-20(19)25/h2-9,14-15H,10-13H2,1H3,(H,26,29). The number of halogens is 1. The van der Waals surface area contributed by atoms with Gasteiger partial charge in [0, 0.05) is 30.3 Å². The van der Waals surface area contributed by atoms with E-state index in [0.29, 0.717) is 30.2 Å². The molecule has 7 heteroatoms. The Balaban J connectivity index is 1.22. The molecule has 1 N–H and O–H groups in total. The maximum atomic E-state index is 13.8. The van der Waals surface area contributed by atoms with Crippen LogP contribution in [0, 0.1) is 12.7 Å². The Hall–Kier alpha value is -3.32. The summed E-state index contributed by atoms with van der Waals surface area (Å²) >= 11 is 1.64. The molecule has 4 rings (SSSR count). The Bertz CT molecular complexity index is 1170. The SMILES string of the molecule is Cc1nc(-c2ccc(CCNC(=O)CCc3ncc(-c4ccccc4F)o3)cc2)cs1. The average Bonchev–Trinajstić information content (AvgIpc) is 3.42. The smallest absolute Gasteiger partial charge is 0.220 e. The first-order valence-electron chi connectivity index (χ1n) is 10.1. The molecular formula is C24H22FN3O2S. The Labute approximate surface area is 184 Å². The third-order valence-corrected chi connectivity index (χ3v) is 5.64. The summed E-state index contributed by atoms with van der Waals surface area (Å²) < 4.78 is 19.4. The number of hydrogen-bond donors (Lipinski definition) is 1. The fraction of sp³-hybridized carbons (Fsp3) is 0.208. The number of benzene rings is 2. The highest BCUT2D eigenvalue weighted by Gasteiger charge is 2.11. The molecule has 0 unspecified atom stereocenters. The summed E-state index contributed by atoms with van der Waals surface area (Å²) in [5.74, 6) is 0.351. The van der Waals surface area contributed by atoms with Crippen molar-refractivity contribution < 1.29 is 13.6 Å². The zero-order chi connectivity index (χ0) is 21.6. The Morgan fingerprint density at radius 3 is 2.68 bits per heavy atom. The molecule has 5 nitrogen and oxygen atoms in total. The number of rotatable bonds is 8. The Morgan fingerprint density at radius 1 is 1.13 bits per heavy atom. The van der Waals surface area contributed by atoms with Crippen LogP contribution in [0.25, 0.3) is 22.6 Å². The van der Waals surface area contributed by atoms with E-state index in [2.05, 4.69) is 44.9 Å². The molecule has 158 valence electrons. The van der Waals surface area contributed by atoms with Crippen molar-refractivity contribution >= 4 is 17.2 Å². The third-order valence-electron chi connectivity index (χ3n) is 4.86. The first kappa shape index (κ1) is 20.9. The highest BCUT2D eigenvalue weighted by molar-refractivity contribution is 7.09. The Morgan fingerprint density at radius 2 is 1.94 bits per heavy atom. The van der Waals surface area contributed by atoms with Crippen molar-refractivity contribution in [1.29, 1.82) is 0 Å². The van der Waals surface area contributed by atoms with E-state index in [-0.39, 0.29) is 18.1 Å². The number of aryl methyl sites for hydroxylation is 2. The minimum Gasteiger partial charge on any atom is -0.441 e. The van der Waals surface area contributed by atoms with Gasteiger partial charge in [-0.05, 0) is 31.0 Å². The largest absolute Gasteiger partial charge is 0.441 e. The normalized spacial score (nSPS) is 10.9. The molecule has 0 aliphatic carbocycles.